The maximum absolute atomic E-state index is 12.5. The van der Waals surface area contributed by atoms with E-state index >= 15 is 0 Å². The minimum Gasteiger partial charge on any atom is -0.494 e. The second-order valence-electron chi connectivity index (χ2n) is 5.90. The van der Waals surface area contributed by atoms with Crippen LogP contribution < -0.4 is 10.1 Å². The van der Waals surface area contributed by atoms with Crippen molar-refractivity contribution in [3.8, 4) is 17.1 Å². The lowest BCUT2D eigenvalue weighted by Gasteiger charge is -2.07. The highest BCUT2D eigenvalue weighted by Gasteiger charge is 2.14. The fourth-order valence-corrected chi connectivity index (χ4v) is 2.96. The number of allylic oxidation sites excluding steroid dienone is 1. The lowest BCUT2D eigenvalue weighted by Crippen LogP contribution is -2.19. The minimum atomic E-state index is -0.218. The van der Waals surface area contributed by atoms with Crippen LogP contribution in [0.2, 0.25) is 0 Å². The van der Waals surface area contributed by atoms with Gasteiger partial charge in [-0.15, -0.1) is 6.58 Å². The second kappa shape index (κ2) is 9.09. The molecule has 0 aliphatic rings. The Morgan fingerprint density at radius 1 is 1.25 bits per heavy atom. The molecular weight excluding hydrogens is 374 g/mol. The molecule has 2 heterocycles. The molecule has 0 saturated heterocycles. The van der Waals surface area contributed by atoms with Crippen molar-refractivity contribution < 1.29 is 9.53 Å². The van der Waals surface area contributed by atoms with Crippen molar-refractivity contribution >= 4 is 23.8 Å². The van der Waals surface area contributed by atoms with Gasteiger partial charge in [0.1, 0.15) is 12.3 Å². The van der Waals surface area contributed by atoms with Crippen LogP contribution in [-0.4, -0.2) is 31.8 Å². The third-order valence-electron chi connectivity index (χ3n) is 3.92. The summed E-state index contributed by atoms with van der Waals surface area (Å²) >= 11 is 5.51. The number of hydrogen-bond donors (Lipinski definition) is 1. The molecule has 3 rings (SSSR count). The molecule has 0 saturated carbocycles. The summed E-state index contributed by atoms with van der Waals surface area (Å²) in [6, 6.07) is 10.9. The number of rotatable bonds is 8. The zero-order valence-electron chi connectivity index (χ0n) is 15.5. The van der Waals surface area contributed by atoms with Crippen LogP contribution >= 0.6 is 12.2 Å². The number of amides is 1. The van der Waals surface area contributed by atoms with E-state index in [9.17, 15) is 4.79 Å². The van der Waals surface area contributed by atoms with Gasteiger partial charge in [-0.2, -0.15) is 5.10 Å². The maximum atomic E-state index is 12.5. The van der Waals surface area contributed by atoms with Gasteiger partial charge in [-0.25, -0.2) is 4.68 Å². The lowest BCUT2D eigenvalue weighted by atomic mass is 10.2. The van der Waals surface area contributed by atoms with Gasteiger partial charge in [0, 0.05) is 30.2 Å². The number of carbonyl (C=O) groups excluding carboxylic acids is 1. The number of carbonyl (C=O) groups is 1. The van der Waals surface area contributed by atoms with E-state index in [2.05, 4.69) is 22.0 Å². The molecule has 1 N–H and O–H groups in total. The molecule has 0 fully saturated rings. The van der Waals surface area contributed by atoms with Gasteiger partial charge in [-0.05, 0) is 55.5 Å². The van der Waals surface area contributed by atoms with Gasteiger partial charge in [0.05, 0.1) is 6.61 Å². The third kappa shape index (κ3) is 4.52. The van der Waals surface area contributed by atoms with Crippen molar-refractivity contribution in [2.45, 2.75) is 20.0 Å². The number of benzene rings is 1. The fraction of sp³-hybridized carbons (Fsp3) is 0.200. The van der Waals surface area contributed by atoms with Gasteiger partial charge in [0.2, 0.25) is 5.91 Å². The highest BCUT2D eigenvalue weighted by Crippen LogP contribution is 2.18. The Morgan fingerprint density at radius 3 is 2.61 bits per heavy atom. The van der Waals surface area contributed by atoms with Gasteiger partial charge >= 0.3 is 0 Å². The van der Waals surface area contributed by atoms with E-state index in [1.54, 1.807) is 30.6 Å². The Morgan fingerprint density at radius 2 is 1.96 bits per heavy atom. The Hall–Kier alpha value is -3.26. The zero-order chi connectivity index (χ0) is 19.9. The predicted octanol–water partition coefficient (Wildman–Crippen LogP) is 3.70. The summed E-state index contributed by atoms with van der Waals surface area (Å²) in [7, 11) is 0. The molecule has 0 spiro atoms. The first-order chi connectivity index (χ1) is 13.6. The van der Waals surface area contributed by atoms with Gasteiger partial charge in [-0.3, -0.25) is 14.3 Å². The standard InChI is InChI=1S/C20H21N5O2S/c1-3-13-24-19(15-9-11-21-12-10-15)23-25(20(24)28)14-18(26)22-16-5-7-17(8-6-16)27-4-2/h3,5-12H,1,4,13-14H2,2H3,(H,22,26). The molecule has 8 heteroatoms. The molecule has 0 unspecified atom stereocenters. The highest BCUT2D eigenvalue weighted by atomic mass is 32.1. The summed E-state index contributed by atoms with van der Waals surface area (Å²) < 4.78 is 9.20. The van der Waals surface area contributed by atoms with Crippen LogP contribution in [0.25, 0.3) is 11.4 Å². The van der Waals surface area contributed by atoms with E-state index in [0.717, 1.165) is 11.3 Å². The molecule has 7 nitrogen and oxygen atoms in total. The Bertz CT molecular complexity index is 1010. The Balaban J connectivity index is 1.79. The summed E-state index contributed by atoms with van der Waals surface area (Å²) in [4.78, 5) is 16.5. The van der Waals surface area contributed by atoms with E-state index in [-0.39, 0.29) is 12.5 Å². The molecular formula is C20H21N5O2S. The molecule has 0 aliphatic heterocycles. The lowest BCUT2D eigenvalue weighted by molar-refractivity contribution is -0.116. The van der Waals surface area contributed by atoms with Crippen molar-refractivity contribution in [1.29, 1.82) is 0 Å². The average Bonchev–Trinajstić information content (AvgIpc) is 3.00. The van der Waals surface area contributed by atoms with Gasteiger partial charge in [0.25, 0.3) is 0 Å². The maximum Gasteiger partial charge on any atom is 0.246 e. The predicted molar refractivity (Wildman–Crippen MR) is 111 cm³/mol. The van der Waals surface area contributed by atoms with Crippen LogP contribution in [0.1, 0.15) is 6.92 Å². The topological polar surface area (TPSA) is 74.0 Å². The number of aromatic nitrogens is 4. The van der Waals surface area contributed by atoms with Crippen LogP contribution in [0.15, 0.2) is 61.4 Å². The molecule has 0 radical (unpaired) electrons. The first-order valence-corrected chi connectivity index (χ1v) is 9.25. The van der Waals surface area contributed by atoms with E-state index in [0.29, 0.717) is 29.4 Å². The normalized spacial score (nSPS) is 10.5. The van der Waals surface area contributed by atoms with Crippen LogP contribution in [0.3, 0.4) is 0 Å². The number of anilines is 1. The van der Waals surface area contributed by atoms with Gasteiger partial charge in [0.15, 0.2) is 10.6 Å². The Labute approximate surface area is 168 Å². The number of ether oxygens (including phenoxy) is 1. The Kier molecular flexibility index (Phi) is 6.33. The molecule has 1 amide bonds. The van der Waals surface area contributed by atoms with Crippen LogP contribution in [0.4, 0.5) is 5.69 Å². The van der Waals surface area contributed by atoms with Crippen LogP contribution in [0.5, 0.6) is 5.75 Å². The average molecular weight is 395 g/mol. The molecule has 144 valence electrons. The SMILES string of the molecule is C=CCn1c(-c2ccncc2)nn(CC(=O)Nc2ccc(OCC)cc2)c1=S. The smallest absolute Gasteiger partial charge is 0.246 e. The summed E-state index contributed by atoms with van der Waals surface area (Å²) in [6.45, 7) is 6.79. The summed E-state index contributed by atoms with van der Waals surface area (Å²) in [5.41, 5.74) is 1.55. The minimum absolute atomic E-state index is 0.00821. The number of nitrogens with zero attached hydrogens (tertiary/aromatic N) is 4. The van der Waals surface area contributed by atoms with E-state index in [4.69, 9.17) is 17.0 Å². The second-order valence-corrected chi connectivity index (χ2v) is 6.27. The summed E-state index contributed by atoms with van der Waals surface area (Å²) in [6.07, 6.45) is 5.12. The number of pyridine rings is 1. The van der Waals surface area contributed by atoms with Crippen molar-refractivity contribution in [2.24, 2.45) is 0 Å². The third-order valence-corrected chi connectivity index (χ3v) is 4.35. The monoisotopic (exact) mass is 395 g/mol. The van der Waals surface area contributed by atoms with Crippen molar-refractivity contribution in [3.63, 3.8) is 0 Å². The molecule has 3 aromatic rings. The van der Waals surface area contributed by atoms with Crippen molar-refractivity contribution in [2.75, 3.05) is 11.9 Å². The van der Waals surface area contributed by atoms with E-state index in [1.807, 2.05) is 35.8 Å². The van der Waals surface area contributed by atoms with Crippen LogP contribution in [0, 0.1) is 4.77 Å². The van der Waals surface area contributed by atoms with Crippen molar-refractivity contribution in [3.05, 3.63) is 66.2 Å². The number of hydrogen-bond acceptors (Lipinski definition) is 5. The molecule has 0 bridgehead atoms. The fourth-order valence-electron chi connectivity index (χ4n) is 2.69. The molecule has 1 aromatic carbocycles. The first-order valence-electron chi connectivity index (χ1n) is 8.84. The summed E-state index contributed by atoms with van der Waals surface area (Å²) in [5, 5.41) is 7.38. The zero-order valence-corrected chi connectivity index (χ0v) is 16.4. The summed E-state index contributed by atoms with van der Waals surface area (Å²) in [5.74, 6) is 1.21. The van der Waals surface area contributed by atoms with Crippen LogP contribution in [-0.2, 0) is 17.9 Å². The van der Waals surface area contributed by atoms with E-state index in [1.165, 1.54) is 4.68 Å². The highest BCUT2D eigenvalue weighted by molar-refractivity contribution is 7.71. The molecule has 28 heavy (non-hydrogen) atoms. The van der Waals surface area contributed by atoms with Gasteiger partial charge in [-0.1, -0.05) is 6.08 Å². The largest absolute Gasteiger partial charge is 0.494 e. The molecule has 0 atom stereocenters. The number of nitrogens with one attached hydrogen (secondary N) is 1. The molecule has 2 aromatic heterocycles. The van der Waals surface area contributed by atoms with Crippen molar-refractivity contribution in [1.82, 2.24) is 19.3 Å². The first kappa shape index (κ1) is 19.5. The quantitative estimate of drug-likeness (QED) is 0.465. The van der Waals surface area contributed by atoms with Gasteiger partial charge < -0.3 is 10.1 Å². The van der Waals surface area contributed by atoms with E-state index < -0.39 is 0 Å². The molecule has 0 aliphatic carbocycles.